The Hall–Kier alpha value is -0.610. The van der Waals surface area contributed by atoms with Crippen LogP contribution in [0.2, 0.25) is 0 Å². The molecule has 1 aliphatic rings. The summed E-state index contributed by atoms with van der Waals surface area (Å²) in [4.78, 5) is 7.06. The highest BCUT2D eigenvalue weighted by molar-refractivity contribution is 9.12. The van der Waals surface area contributed by atoms with Crippen molar-refractivity contribution in [3.63, 3.8) is 0 Å². The Kier molecular flexibility index (Phi) is 12.2. The third-order valence-corrected chi connectivity index (χ3v) is 8.26. The molecule has 0 N–H and O–H groups in total. The lowest BCUT2D eigenvalue weighted by Gasteiger charge is -2.26. The van der Waals surface area contributed by atoms with Crippen molar-refractivity contribution in [2.75, 3.05) is 13.1 Å². The van der Waals surface area contributed by atoms with Gasteiger partial charge in [-0.2, -0.15) is 0 Å². The predicted molar refractivity (Wildman–Crippen MR) is 129 cm³/mol. The molecule has 0 bridgehead atoms. The number of aromatic nitrogens is 1. The smallest absolute Gasteiger partial charge is 0.0562 e. The van der Waals surface area contributed by atoms with E-state index in [9.17, 15) is 0 Å². The molecule has 2 nitrogen and oxygen atoms in total. The first kappa shape index (κ1) is 23.7. The van der Waals surface area contributed by atoms with Crippen molar-refractivity contribution in [1.29, 1.82) is 0 Å². The van der Waals surface area contributed by atoms with E-state index in [1.807, 2.05) is 12.4 Å². The first-order chi connectivity index (χ1) is 13.7. The monoisotopic (exact) mass is 510 g/mol. The molecule has 4 heteroatoms. The summed E-state index contributed by atoms with van der Waals surface area (Å²) >= 11 is 7.69. The lowest BCUT2D eigenvalue weighted by Crippen LogP contribution is -2.23. The van der Waals surface area contributed by atoms with Gasteiger partial charge in [0, 0.05) is 25.5 Å². The summed E-state index contributed by atoms with van der Waals surface area (Å²) in [7, 11) is 0. The van der Waals surface area contributed by atoms with Gasteiger partial charge in [-0.1, -0.05) is 103 Å². The molecular formula is C24H36Br2N2. The van der Waals surface area contributed by atoms with Crippen LogP contribution < -0.4 is 0 Å². The van der Waals surface area contributed by atoms with Crippen LogP contribution in [0, 0.1) is 0 Å². The fraction of sp³-hybridized carbons (Fsp3) is 0.625. The second kappa shape index (κ2) is 14.4. The van der Waals surface area contributed by atoms with Crippen molar-refractivity contribution in [2.45, 2.75) is 80.8 Å². The van der Waals surface area contributed by atoms with Crippen LogP contribution in [-0.4, -0.2) is 27.8 Å². The molecule has 0 amide bonds. The molecule has 0 spiro atoms. The molecule has 1 aromatic heterocycles. The Balaban J connectivity index is 1.56. The van der Waals surface area contributed by atoms with E-state index in [-0.39, 0.29) is 9.65 Å². The number of unbranched alkanes of at least 4 members (excludes halogenated alkanes) is 9. The molecule has 2 atom stereocenters. The number of halogens is 2. The molecule has 0 fully saturated rings. The van der Waals surface area contributed by atoms with Gasteiger partial charge in [-0.05, 0) is 42.0 Å². The van der Waals surface area contributed by atoms with Crippen molar-refractivity contribution >= 4 is 31.9 Å². The molecule has 0 radical (unpaired) electrons. The Morgan fingerprint density at radius 2 is 1.50 bits per heavy atom. The molecule has 1 aromatic rings. The van der Waals surface area contributed by atoms with Gasteiger partial charge in [0.05, 0.1) is 9.65 Å². The number of nitrogens with zero attached hydrogens (tertiary/aromatic N) is 2. The van der Waals surface area contributed by atoms with Crippen molar-refractivity contribution in [2.24, 2.45) is 0 Å². The first-order valence-corrected chi connectivity index (χ1v) is 12.9. The first-order valence-electron chi connectivity index (χ1n) is 11.0. The molecule has 0 aliphatic carbocycles. The van der Waals surface area contributed by atoms with E-state index in [2.05, 4.69) is 79.2 Å². The van der Waals surface area contributed by atoms with Gasteiger partial charge in [-0.15, -0.1) is 0 Å². The Labute approximate surface area is 189 Å². The summed E-state index contributed by atoms with van der Waals surface area (Å²) in [6.07, 6.45) is 24.5. The van der Waals surface area contributed by atoms with Crippen LogP contribution in [0.15, 0.2) is 48.5 Å². The van der Waals surface area contributed by atoms with Gasteiger partial charge in [-0.25, -0.2) is 0 Å². The SMILES string of the molecule is CCCCCCCCCCCCN1C=CC(C(Br)C(Br)c2ccncc2)=CC1. The highest BCUT2D eigenvalue weighted by Crippen LogP contribution is 2.36. The Morgan fingerprint density at radius 3 is 2.07 bits per heavy atom. The maximum absolute atomic E-state index is 4.10. The highest BCUT2D eigenvalue weighted by atomic mass is 79.9. The summed E-state index contributed by atoms with van der Waals surface area (Å²) in [6.45, 7) is 4.47. The maximum Gasteiger partial charge on any atom is 0.0562 e. The largest absolute Gasteiger partial charge is 0.374 e. The van der Waals surface area contributed by atoms with Gasteiger partial charge < -0.3 is 4.90 Å². The lowest BCUT2D eigenvalue weighted by atomic mass is 10.0. The fourth-order valence-electron chi connectivity index (χ4n) is 3.60. The number of allylic oxidation sites excluding steroid dienone is 2. The molecule has 2 rings (SSSR count). The van der Waals surface area contributed by atoms with Crippen molar-refractivity contribution in [3.05, 3.63) is 54.0 Å². The standard InChI is InChI=1S/C24H36Br2N2/c1-2-3-4-5-6-7-8-9-10-11-18-28-19-14-22(15-20-28)24(26)23(25)21-12-16-27-17-13-21/h12-17,19,23-24H,2-11,18,20H2,1H3. The molecule has 1 aliphatic heterocycles. The van der Waals surface area contributed by atoms with Crippen LogP contribution in [0.5, 0.6) is 0 Å². The maximum atomic E-state index is 4.10. The second-order valence-corrected chi connectivity index (χ2v) is 9.75. The average Bonchev–Trinajstić information content (AvgIpc) is 2.75. The van der Waals surface area contributed by atoms with Gasteiger partial charge in [0.25, 0.3) is 0 Å². The summed E-state index contributed by atoms with van der Waals surface area (Å²) in [5.41, 5.74) is 2.59. The third kappa shape index (κ3) is 8.82. The third-order valence-electron chi connectivity index (χ3n) is 5.44. The van der Waals surface area contributed by atoms with E-state index in [4.69, 9.17) is 0 Å². The predicted octanol–water partition coefficient (Wildman–Crippen LogP) is 7.96. The van der Waals surface area contributed by atoms with Crippen LogP contribution in [-0.2, 0) is 0 Å². The summed E-state index contributed by atoms with van der Waals surface area (Å²) in [6, 6.07) is 4.14. The van der Waals surface area contributed by atoms with Crippen LogP contribution in [0.1, 0.15) is 81.5 Å². The van der Waals surface area contributed by atoms with Crippen LogP contribution >= 0.6 is 31.9 Å². The van der Waals surface area contributed by atoms with Gasteiger partial charge in [-0.3, -0.25) is 4.98 Å². The van der Waals surface area contributed by atoms with E-state index in [1.54, 1.807) is 0 Å². The van der Waals surface area contributed by atoms with Gasteiger partial charge in [0.2, 0.25) is 0 Å². The summed E-state index contributed by atoms with van der Waals surface area (Å²) in [5.74, 6) is 0. The molecular weight excluding hydrogens is 476 g/mol. The molecule has 0 saturated carbocycles. The zero-order valence-electron chi connectivity index (χ0n) is 17.3. The molecule has 28 heavy (non-hydrogen) atoms. The average molecular weight is 512 g/mol. The fourth-order valence-corrected chi connectivity index (χ4v) is 4.86. The molecule has 2 unspecified atom stereocenters. The normalized spacial score (nSPS) is 16.1. The zero-order valence-corrected chi connectivity index (χ0v) is 20.5. The second-order valence-electron chi connectivity index (χ2n) is 7.78. The van der Waals surface area contributed by atoms with E-state index in [1.165, 1.54) is 81.9 Å². The number of hydrogen-bond acceptors (Lipinski definition) is 2. The summed E-state index contributed by atoms with van der Waals surface area (Å²) < 4.78 is 0. The topological polar surface area (TPSA) is 16.1 Å². The minimum atomic E-state index is 0.250. The van der Waals surface area contributed by atoms with E-state index in [0.29, 0.717) is 0 Å². The van der Waals surface area contributed by atoms with Crippen molar-refractivity contribution in [3.8, 4) is 0 Å². The van der Waals surface area contributed by atoms with E-state index < -0.39 is 0 Å². The zero-order chi connectivity index (χ0) is 20.0. The van der Waals surface area contributed by atoms with Crippen molar-refractivity contribution in [1.82, 2.24) is 9.88 Å². The van der Waals surface area contributed by atoms with Gasteiger partial charge >= 0.3 is 0 Å². The van der Waals surface area contributed by atoms with Gasteiger partial charge in [0.1, 0.15) is 0 Å². The Morgan fingerprint density at radius 1 is 0.893 bits per heavy atom. The number of pyridine rings is 1. The lowest BCUT2D eigenvalue weighted by molar-refractivity contribution is 0.390. The number of alkyl halides is 2. The van der Waals surface area contributed by atoms with Crippen LogP contribution in [0.4, 0.5) is 0 Å². The van der Waals surface area contributed by atoms with E-state index in [0.717, 1.165) is 6.54 Å². The Bertz CT molecular complexity index is 586. The number of rotatable bonds is 14. The molecule has 2 heterocycles. The van der Waals surface area contributed by atoms with E-state index >= 15 is 0 Å². The van der Waals surface area contributed by atoms with Crippen molar-refractivity contribution < 1.29 is 0 Å². The summed E-state index contributed by atoms with van der Waals surface area (Å²) in [5, 5.41) is 0. The van der Waals surface area contributed by atoms with Gasteiger partial charge in [0.15, 0.2) is 0 Å². The minimum absolute atomic E-state index is 0.250. The highest BCUT2D eigenvalue weighted by Gasteiger charge is 2.21. The molecule has 0 aromatic carbocycles. The van der Waals surface area contributed by atoms with Crippen LogP contribution in [0.25, 0.3) is 0 Å². The number of hydrogen-bond donors (Lipinski definition) is 0. The molecule has 156 valence electrons. The minimum Gasteiger partial charge on any atom is -0.374 e. The molecule has 0 saturated heterocycles. The quantitative estimate of drug-likeness (QED) is 0.186. The van der Waals surface area contributed by atoms with Crippen LogP contribution in [0.3, 0.4) is 0 Å².